The van der Waals surface area contributed by atoms with Crippen molar-refractivity contribution in [2.45, 2.75) is 30.3 Å². The van der Waals surface area contributed by atoms with Crippen molar-refractivity contribution in [1.82, 2.24) is 14.9 Å². The van der Waals surface area contributed by atoms with Crippen LogP contribution in [0, 0.1) is 0 Å². The standard InChI is InChI=1S/C21H16ClN3O3S/c22-16-9-13-12(10-23-16)17(26)28-21(13)7-8-25(11-21)19(27)20(5-6-20)18-24-14-3-1-2-4-15(14)29-18/h1-4,9-10H,5-8,11H2. The number of carbonyl (C=O) groups is 2. The van der Waals surface area contributed by atoms with Crippen molar-refractivity contribution < 1.29 is 14.3 Å². The Balaban J connectivity index is 1.32. The minimum absolute atomic E-state index is 0.0816. The van der Waals surface area contributed by atoms with Gasteiger partial charge >= 0.3 is 5.97 Å². The highest BCUT2D eigenvalue weighted by Gasteiger charge is 2.59. The number of para-hydroxylation sites is 1. The van der Waals surface area contributed by atoms with E-state index in [4.69, 9.17) is 21.3 Å². The number of hydrogen-bond donors (Lipinski definition) is 0. The van der Waals surface area contributed by atoms with E-state index < -0.39 is 17.0 Å². The largest absolute Gasteiger partial charge is 0.449 e. The van der Waals surface area contributed by atoms with Crippen LogP contribution in [0.5, 0.6) is 0 Å². The summed E-state index contributed by atoms with van der Waals surface area (Å²) in [5.74, 6) is -0.316. The molecule has 1 aliphatic carbocycles. The maximum Gasteiger partial charge on any atom is 0.341 e. The molecule has 1 atom stereocenters. The molecule has 2 fully saturated rings. The van der Waals surface area contributed by atoms with E-state index in [1.54, 1.807) is 17.4 Å². The molecule has 6 rings (SSSR count). The number of esters is 1. The maximum atomic E-state index is 13.5. The number of hydrogen-bond acceptors (Lipinski definition) is 6. The molecule has 3 aromatic rings. The molecule has 1 unspecified atom stereocenters. The highest BCUT2D eigenvalue weighted by molar-refractivity contribution is 7.18. The van der Waals surface area contributed by atoms with Crippen molar-refractivity contribution in [3.63, 3.8) is 0 Å². The molecule has 1 saturated heterocycles. The number of thiazole rings is 1. The van der Waals surface area contributed by atoms with E-state index in [0.29, 0.717) is 30.2 Å². The van der Waals surface area contributed by atoms with Crippen molar-refractivity contribution in [2.75, 3.05) is 13.1 Å². The van der Waals surface area contributed by atoms with Crippen LogP contribution in [0.3, 0.4) is 0 Å². The highest BCUT2D eigenvalue weighted by atomic mass is 35.5. The average molecular weight is 426 g/mol. The minimum Gasteiger partial charge on any atom is -0.449 e. The van der Waals surface area contributed by atoms with Crippen LogP contribution in [0.2, 0.25) is 5.15 Å². The summed E-state index contributed by atoms with van der Waals surface area (Å²) in [6.45, 7) is 0.885. The number of likely N-dealkylation sites (tertiary alicyclic amines) is 1. The molecule has 8 heteroatoms. The molecular weight excluding hydrogens is 410 g/mol. The first-order valence-corrected chi connectivity index (χ1v) is 10.8. The van der Waals surface area contributed by atoms with E-state index in [1.807, 2.05) is 29.2 Å². The van der Waals surface area contributed by atoms with Gasteiger partial charge in [-0.15, -0.1) is 11.3 Å². The summed E-state index contributed by atoms with van der Waals surface area (Å²) in [6.07, 6.45) is 3.64. The van der Waals surface area contributed by atoms with Crippen LogP contribution in [-0.2, 0) is 20.5 Å². The maximum absolute atomic E-state index is 13.5. The van der Waals surface area contributed by atoms with Gasteiger partial charge in [0.15, 0.2) is 5.60 Å². The first kappa shape index (κ1) is 17.4. The molecule has 2 aliphatic heterocycles. The first-order valence-electron chi connectivity index (χ1n) is 9.56. The van der Waals surface area contributed by atoms with Gasteiger partial charge in [0.25, 0.3) is 0 Å². The van der Waals surface area contributed by atoms with Crippen LogP contribution in [0.1, 0.15) is 40.2 Å². The van der Waals surface area contributed by atoms with Gasteiger partial charge in [-0.05, 0) is 31.0 Å². The number of rotatable bonds is 2. The molecule has 1 saturated carbocycles. The quantitative estimate of drug-likeness (QED) is 0.462. The number of aromatic nitrogens is 2. The SMILES string of the molecule is O=C1OC2(CCN(C(=O)C3(c4nc5ccccc5s4)CC3)C2)c2cc(Cl)ncc21. The molecule has 0 radical (unpaired) electrons. The van der Waals surface area contributed by atoms with Crippen molar-refractivity contribution >= 4 is 45.0 Å². The summed E-state index contributed by atoms with van der Waals surface area (Å²) < 4.78 is 6.86. The van der Waals surface area contributed by atoms with Crippen molar-refractivity contribution in [3.05, 3.63) is 57.8 Å². The molecule has 3 aliphatic rings. The smallest absolute Gasteiger partial charge is 0.341 e. The fraction of sp³-hybridized carbons (Fsp3) is 0.333. The molecule has 29 heavy (non-hydrogen) atoms. The second-order valence-corrected chi connectivity index (χ2v) is 9.40. The van der Waals surface area contributed by atoms with Gasteiger partial charge in [0.05, 0.1) is 22.3 Å². The normalized spacial score (nSPS) is 24.2. The molecule has 0 N–H and O–H groups in total. The van der Waals surface area contributed by atoms with Gasteiger partial charge in [-0.25, -0.2) is 14.8 Å². The minimum atomic E-state index is -0.821. The predicted molar refractivity (Wildman–Crippen MR) is 108 cm³/mol. The first-order chi connectivity index (χ1) is 14.0. The van der Waals surface area contributed by atoms with E-state index >= 15 is 0 Å². The second-order valence-electron chi connectivity index (χ2n) is 7.98. The number of nitrogens with zero attached hydrogens (tertiary/aromatic N) is 3. The molecular formula is C21H16ClN3O3S. The summed E-state index contributed by atoms with van der Waals surface area (Å²) in [6, 6.07) is 9.66. The van der Waals surface area contributed by atoms with Crippen LogP contribution in [0.25, 0.3) is 10.2 Å². The molecule has 6 nitrogen and oxygen atoms in total. The molecule has 1 aromatic carbocycles. The fourth-order valence-electron chi connectivity index (χ4n) is 4.54. The van der Waals surface area contributed by atoms with Gasteiger partial charge in [0.1, 0.15) is 15.6 Å². The molecule has 4 heterocycles. The molecule has 1 spiro atoms. The summed E-state index contributed by atoms with van der Waals surface area (Å²) in [5, 5.41) is 1.21. The zero-order valence-corrected chi connectivity index (χ0v) is 16.9. The third-order valence-corrected chi connectivity index (χ3v) is 7.70. The Kier molecular flexibility index (Phi) is 3.45. The number of fused-ring (bicyclic) bond motifs is 3. The summed E-state index contributed by atoms with van der Waals surface area (Å²) >= 11 is 7.67. The van der Waals surface area contributed by atoms with Crippen LogP contribution < -0.4 is 0 Å². The Hall–Kier alpha value is -2.51. The number of amides is 1. The van der Waals surface area contributed by atoms with Crippen LogP contribution in [0.15, 0.2) is 36.5 Å². The number of benzene rings is 1. The van der Waals surface area contributed by atoms with Gasteiger partial charge in [-0.3, -0.25) is 4.79 Å². The van der Waals surface area contributed by atoms with Crippen molar-refractivity contribution in [3.8, 4) is 0 Å². The Morgan fingerprint density at radius 1 is 1.24 bits per heavy atom. The van der Waals surface area contributed by atoms with E-state index in [0.717, 1.165) is 33.6 Å². The lowest BCUT2D eigenvalue weighted by Crippen LogP contribution is -2.40. The Morgan fingerprint density at radius 2 is 2.07 bits per heavy atom. The summed E-state index contributed by atoms with van der Waals surface area (Å²) in [4.78, 5) is 36.4. The summed E-state index contributed by atoms with van der Waals surface area (Å²) in [5.41, 5.74) is 0.762. The van der Waals surface area contributed by atoms with E-state index in [9.17, 15) is 9.59 Å². The lowest BCUT2D eigenvalue weighted by molar-refractivity contribution is -0.134. The number of halogens is 1. The van der Waals surface area contributed by atoms with Crippen LogP contribution >= 0.6 is 22.9 Å². The van der Waals surface area contributed by atoms with Gasteiger partial charge in [0, 0.05) is 24.7 Å². The highest BCUT2D eigenvalue weighted by Crippen LogP contribution is 2.53. The number of carbonyl (C=O) groups excluding carboxylic acids is 2. The summed E-state index contributed by atoms with van der Waals surface area (Å²) in [7, 11) is 0. The van der Waals surface area contributed by atoms with Crippen LogP contribution in [-0.4, -0.2) is 39.8 Å². The van der Waals surface area contributed by atoms with E-state index in [2.05, 4.69) is 4.98 Å². The average Bonchev–Trinajstić information content (AvgIpc) is 3.12. The van der Waals surface area contributed by atoms with Gasteiger partial charge < -0.3 is 9.64 Å². The Morgan fingerprint density at radius 3 is 2.86 bits per heavy atom. The second kappa shape index (κ2) is 5.77. The predicted octanol–water partition coefficient (Wildman–Crippen LogP) is 3.67. The zero-order valence-electron chi connectivity index (χ0n) is 15.4. The third kappa shape index (κ3) is 2.40. The van der Waals surface area contributed by atoms with Crippen LogP contribution in [0.4, 0.5) is 0 Å². The van der Waals surface area contributed by atoms with Crippen molar-refractivity contribution in [1.29, 1.82) is 0 Å². The van der Waals surface area contributed by atoms with Gasteiger partial charge in [-0.1, -0.05) is 23.7 Å². The number of ether oxygens (including phenoxy) is 1. The topological polar surface area (TPSA) is 72.4 Å². The number of pyridine rings is 1. The molecule has 2 aromatic heterocycles. The van der Waals surface area contributed by atoms with E-state index in [-0.39, 0.29) is 5.91 Å². The zero-order chi connectivity index (χ0) is 19.8. The lowest BCUT2D eigenvalue weighted by Gasteiger charge is -2.26. The monoisotopic (exact) mass is 425 g/mol. The Bertz CT molecular complexity index is 1170. The van der Waals surface area contributed by atoms with E-state index in [1.165, 1.54) is 6.20 Å². The third-order valence-electron chi connectivity index (χ3n) is 6.25. The fourth-order valence-corrected chi connectivity index (χ4v) is 5.90. The van der Waals surface area contributed by atoms with Gasteiger partial charge in [-0.2, -0.15) is 0 Å². The Labute approximate surface area is 175 Å². The lowest BCUT2D eigenvalue weighted by atomic mass is 9.93. The molecule has 1 amide bonds. The van der Waals surface area contributed by atoms with Crippen molar-refractivity contribution in [2.24, 2.45) is 0 Å². The molecule has 146 valence electrons. The van der Waals surface area contributed by atoms with Gasteiger partial charge in [0.2, 0.25) is 5.91 Å². The molecule has 0 bridgehead atoms.